The molecule has 6 heteroatoms. The number of hydrogen-bond donors (Lipinski definition) is 3. The summed E-state index contributed by atoms with van der Waals surface area (Å²) in [5.41, 5.74) is 0.0227. The van der Waals surface area contributed by atoms with Crippen molar-refractivity contribution in [1.29, 1.82) is 0 Å². The molecule has 0 saturated heterocycles. The van der Waals surface area contributed by atoms with Crippen molar-refractivity contribution >= 4 is 11.9 Å². The van der Waals surface area contributed by atoms with Crippen molar-refractivity contribution in [2.75, 3.05) is 0 Å². The Balaban J connectivity index is 2.54. The van der Waals surface area contributed by atoms with Crippen LogP contribution in [-0.4, -0.2) is 27.3 Å². The smallest absolute Gasteiger partial charge is 0.339 e. The average Bonchev–Trinajstić information content (AvgIpc) is 2.37. The first kappa shape index (κ1) is 13.5. The van der Waals surface area contributed by atoms with Crippen molar-refractivity contribution in [2.45, 2.75) is 0 Å². The van der Waals surface area contributed by atoms with Gasteiger partial charge < -0.3 is 15.3 Å². The lowest BCUT2D eigenvalue weighted by molar-refractivity contribution is 0.0684. The van der Waals surface area contributed by atoms with Crippen LogP contribution in [0.25, 0.3) is 11.1 Å². The Labute approximate surface area is 112 Å². The predicted octanol–water partition coefficient (Wildman–Crippen LogP) is 2.59. The fourth-order valence-electron chi connectivity index (χ4n) is 1.77. The maximum Gasteiger partial charge on any atom is 0.339 e. The van der Waals surface area contributed by atoms with Crippen LogP contribution >= 0.6 is 0 Å². The lowest BCUT2D eigenvalue weighted by Crippen LogP contribution is -1.99. The van der Waals surface area contributed by atoms with Gasteiger partial charge in [-0.1, -0.05) is 6.07 Å². The van der Waals surface area contributed by atoms with Gasteiger partial charge in [-0.15, -0.1) is 0 Å². The van der Waals surface area contributed by atoms with Crippen molar-refractivity contribution in [3.8, 4) is 16.9 Å². The van der Waals surface area contributed by atoms with Crippen LogP contribution in [0.15, 0.2) is 36.4 Å². The Kier molecular flexibility index (Phi) is 3.39. The first-order chi connectivity index (χ1) is 9.38. The van der Waals surface area contributed by atoms with E-state index in [2.05, 4.69) is 0 Å². The summed E-state index contributed by atoms with van der Waals surface area (Å²) >= 11 is 0. The zero-order valence-electron chi connectivity index (χ0n) is 10.0. The van der Waals surface area contributed by atoms with Crippen LogP contribution in [0.1, 0.15) is 20.7 Å². The molecule has 2 aromatic carbocycles. The number of hydrogen-bond acceptors (Lipinski definition) is 3. The number of aromatic carboxylic acids is 2. The fraction of sp³-hybridized carbons (Fsp3) is 0. The first-order valence-corrected chi connectivity index (χ1v) is 5.49. The Morgan fingerprint density at radius 1 is 0.900 bits per heavy atom. The van der Waals surface area contributed by atoms with Crippen LogP contribution in [0, 0.1) is 5.82 Å². The predicted molar refractivity (Wildman–Crippen MR) is 67.4 cm³/mol. The van der Waals surface area contributed by atoms with Gasteiger partial charge in [0.2, 0.25) is 0 Å². The summed E-state index contributed by atoms with van der Waals surface area (Å²) in [4.78, 5) is 21.6. The number of phenols is 1. The molecule has 5 nitrogen and oxygen atoms in total. The number of benzene rings is 2. The molecular formula is C14H9FO5. The van der Waals surface area contributed by atoms with E-state index in [1.165, 1.54) is 18.2 Å². The molecule has 0 aromatic heterocycles. The van der Waals surface area contributed by atoms with Crippen molar-refractivity contribution < 1.29 is 29.3 Å². The van der Waals surface area contributed by atoms with Crippen LogP contribution < -0.4 is 0 Å². The van der Waals surface area contributed by atoms with Gasteiger partial charge in [0, 0.05) is 0 Å². The van der Waals surface area contributed by atoms with Gasteiger partial charge >= 0.3 is 11.9 Å². The highest BCUT2D eigenvalue weighted by Gasteiger charge is 2.13. The third-order valence-electron chi connectivity index (χ3n) is 2.71. The molecule has 0 spiro atoms. The molecule has 2 aromatic rings. The molecule has 0 aliphatic rings. The fourth-order valence-corrected chi connectivity index (χ4v) is 1.77. The highest BCUT2D eigenvalue weighted by Crippen LogP contribution is 2.28. The molecule has 0 radical (unpaired) electrons. The van der Waals surface area contributed by atoms with Gasteiger partial charge in [-0.25, -0.2) is 14.0 Å². The quantitative estimate of drug-likeness (QED) is 0.800. The molecule has 0 amide bonds. The van der Waals surface area contributed by atoms with E-state index in [1.54, 1.807) is 0 Å². The van der Waals surface area contributed by atoms with Gasteiger partial charge in [-0.05, 0) is 41.5 Å². The minimum atomic E-state index is -1.29. The second-order valence-corrected chi connectivity index (χ2v) is 4.07. The second-order valence-electron chi connectivity index (χ2n) is 4.07. The molecule has 0 atom stereocenters. The van der Waals surface area contributed by atoms with Gasteiger partial charge in [0.25, 0.3) is 0 Å². The number of rotatable bonds is 3. The molecular weight excluding hydrogens is 267 g/mol. The van der Waals surface area contributed by atoms with Gasteiger partial charge in [0.1, 0.15) is 17.1 Å². The van der Waals surface area contributed by atoms with Gasteiger partial charge in [0.05, 0.1) is 5.56 Å². The summed E-state index contributed by atoms with van der Waals surface area (Å²) in [5, 5.41) is 27.2. The molecule has 0 fully saturated rings. The normalized spacial score (nSPS) is 10.2. The van der Waals surface area contributed by atoms with E-state index in [-0.39, 0.29) is 16.7 Å². The largest absolute Gasteiger partial charge is 0.507 e. The number of carboxylic acid groups (broad SMARTS) is 2. The van der Waals surface area contributed by atoms with Crippen LogP contribution in [0.4, 0.5) is 4.39 Å². The number of aromatic hydroxyl groups is 1. The zero-order valence-corrected chi connectivity index (χ0v) is 10.0. The van der Waals surface area contributed by atoms with E-state index < -0.39 is 23.5 Å². The SMILES string of the molecule is O=C(O)c1cc(F)cc(-c2ccc(C(=O)O)c(O)c2)c1. The van der Waals surface area contributed by atoms with Crippen LogP contribution in [0.2, 0.25) is 0 Å². The Hall–Kier alpha value is -2.89. The van der Waals surface area contributed by atoms with E-state index in [0.717, 1.165) is 18.2 Å². The highest BCUT2D eigenvalue weighted by molar-refractivity contribution is 5.92. The van der Waals surface area contributed by atoms with Gasteiger partial charge in [-0.2, -0.15) is 0 Å². The van der Waals surface area contributed by atoms with E-state index in [0.29, 0.717) is 5.56 Å². The zero-order chi connectivity index (χ0) is 14.9. The number of carbonyl (C=O) groups is 2. The van der Waals surface area contributed by atoms with Crippen molar-refractivity contribution in [2.24, 2.45) is 0 Å². The molecule has 0 saturated carbocycles. The Morgan fingerprint density at radius 2 is 1.60 bits per heavy atom. The molecule has 0 aliphatic carbocycles. The molecule has 20 heavy (non-hydrogen) atoms. The summed E-state index contributed by atoms with van der Waals surface area (Å²) < 4.78 is 13.4. The molecule has 102 valence electrons. The maximum atomic E-state index is 13.4. The lowest BCUT2D eigenvalue weighted by Gasteiger charge is -2.06. The minimum absolute atomic E-state index is 0.231. The van der Waals surface area contributed by atoms with Crippen LogP contribution in [0.3, 0.4) is 0 Å². The van der Waals surface area contributed by atoms with E-state index in [4.69, 9.17) is 10.2 Å². The van der Waals surface area contributed by atoms with Crippen molar-refractivity contribution in [3.05, 3.63) is 53.3 Å². The number of carboxylic acids is 2. The monoisotopic (exact) mass is 276 g/mol. The maximum absolute atomic E-state index is 13.4. The van der Waals surface area contributed by atoms with E-state index in [1.807, 2.05) is 0 Å². The minimum Gasteiger partial charge on any atom is -0.507 e. The first-order valence-electron chi connectivity index (χ1n) is 5.49. The molecule has 0 heterocycles. The van der Waals surface area contributed by atoms with Crippen molar-refractivity contribution in [1.82, 2.24) is 0 Å². The molecule has 2 rings (SSSR count). The molecule has 3 N–H and O–H groups in total. The summed E-state index contributed by atoms with van der Waals surface area (Å²) in [6.45, 7) is 0. The summed E-state index contributed by atoms with van der Waals surface area (Å²) in [5.74, 6) is -3.78. The Morgan fingerprint density at radius 3 is 2.15 bits per heavy atom. The van der Waals surface area contributed by atoms with E-state index in [9.17, 15) is 19.1 Å². The summed E-state index contributed by atoms with van der Waals surface area (Å²) in [7, 11) is 0. The summed E-state index contributed by atoms with van der Waals surface area (Å²) in [6, 6.07) is 6.88. The topological polar surface area (TPSA) is 94.8 Å². The van der Waals surface area contributed by atoms with Gasteiger partial charge in [0.15, 0.2) is 0 Å². The molecule has 0 bridgehead atoms. The van der Waals surface area contributed by atoms with Gasteiger partial charge in [-0.3, -0.25) is 0 Å². The van der Waals surface area contributed by atoms with Crippen LogP contribution in [-0.2, 0) is 0 Å². The van der Waals surface area contributed by atoms with E-state index >= 15 is 0 Å². The van der Waals surface area contributed by atoms with Crippen LogP contribution in [0.5, 0.6) is 5.75 Å². The standard InChI is InChI=1S/C14H9FO5/c15-10-4-8(3-9(5-10)13(17)18)7-1-2-11(14(19)20)12(16)6-7/h1-6,16H,(H,17,18)(H,19,20). The average molecular weight is 276 g/mol. The Bertz CT molecular complexity index is 709. The highest BCUT2D eigenvalue weighted by atomic mass is 19.1. The third kappa shape index (κ3) is 2.59. The second kappa shape index (κ2) is 5.00. The lowest BCUT2D eigenvalue weighted by atomic mass is 10.0. The summed E-state index contributed by atoms with van der Waals surface area (Å²) in [6.07, 6.45) is 0. The molecule has 0 aliphatic heterocycles. The van der Waals surface area contributed by atoms with Crippen molar-refractivity contribution in [3.63, 3.8) is 0 Å². The third-order valence-corrected chi connectivity index (χ3v) is 2.71. The number of halogens is 1. The molecule has 0 unspecified atom stereocenters.